The number of halogens is 1. The monoisotopic (exact) mass is 424 g/mol. The number of non-ortho nitro benzene ring substituents is 1. The zero-order chi connectivity index (χ0) is 21.7. The van der Waals surface area contributed by atoms with Crippen LogP contribution in [0.15, 0.2) is 51.7 Å². The molecule has 8 nitrogen and oxygen atoms in total. The van der Waals surface area contributed by atoms with Crippen LogP contribution in [-0.4, -0.2) is 35.0 Å². The number of benzene rings is 2. The van der Waals surface area contributed by atoms with Crippen molar-refractivity contribution in [1.29, 1.82) is 0 Å². The van der Waals surface area contributed by atoms with E-state index in [9.17, 15) is 24.1 Å². The van der Waals surface area contributed by atoms with Gasteiger partial charge in [-0.05, 0) is 36.6 Å². The highest BCUT2D eigenvalue weighted by Gasteiger charge is 2.44. The van der Waals surface area contributed by atoms with Crippen molar-refractivity contribution in [2.45, 2.75) is 25.0 Å². The second-order valence-corrected chi connectivity index (χ2v) is 7.66. The highest BCUT2D eigenvalue weighted by atomic mass is 19.1. The van der Waals surface area contributed by atoms with Gasteiger partial charge in [-0.2, -0.15) is 0 Å². The van der Waals surface area contributed by atoms with Crippen molar-refractivity contribution in [1.82, 2.24) is 4.90 Å². The molecule has 158 valence electrons. The normalized spacial score (nSPS) is 20.4. The standard InChI is InChI=1S/C22H17FN2O6/c23-13-6-7-17-16(10-13)20(26)18-19(12-3-1-4-14(9-12)25(28)29)24(22(27)21(18)31-17)11-15-5-2-8-30-15/h1,3-4,6-7,9-10,15,19H,2,5,8,11H2/t15-,19-/m1/s1. The Labute approximate surface area is 175 Å². The molecule has 0 bridgehead atoms. The minimum absolute atomic E-state index is 0.0148. The quantitative estimate of drug-likeness (QED) is 0.469. The van der Waals surface area contributed by atoms with Crippen molar-refractivity contribution in [3.8, 4) is 0 Å². The molecule has 0 unspecified atom stereocenters. The lowest BCUT2D eigenvalue weighted by atomic mass is 9.98. The lowest BCUT2D eigenvalue weighted by Crippen LogP contribution is -2.36. The van der Waals surface area contributed by atoms with Gasteiger partial charge in [0.2, 0.25) is 5.76 Å². The molecule has 2 aromatic carbocycles. The van der Waals surface area contributed by atoms with Crippen LogP contribution in [0.25, 0.3) is 11.0 Å². The molecule has 2 aliphatic rings. The lowest BCUT2D eigenvalue weighted by Gasteiger charge is -2.27. The second-order valence-electron chi connectivity index (χ2n) is 7.66. The number of nitro groups is 1. The van der Waals surface area contributed by atoms with E-state index in [2.05, 4.69) is 0 Å². The summed E-state index contributed by atoms with van der Waals surface area (Å²) in [6.45, 7) is 0.794. The fourth-order valence-corrected chi connectivity index (χ4v) is 4.34. The Balaban J connectivity index is 1.72. The van der Waals surface area contributed by atoms with Crippen LogP contribution in [0.3, 0.4) is 0 Å². The fraction of sp³-hybridized carbons (Fsp3) is 0.273. The van der Waals surface area contributed by atoms with Crippen molar-refractivity contribution >= 4 is 22.6 Å². The van der Waals surface area contributed by atoms with Gasteiger partial charge in [-0.25, -0.2) is 4.39 Å². The van der Waals surface area contributed by atoms with Gasteiger partial charge in [-0.3, -0.25) is 19.7 Å². The lowest BCUT2D eigenvalue weighted by molar-refractivity contribution is -0.384. The molecule has 2 aliphatic heterocycles. The minimum atomic E-state index is -0.893. The maximum atomic E-state index is 13.8. The molecule has 3 aromatic rings. The van der Waals surface area contributed by atoms with Gasteiger partial charge in [-0.15, -0.1) is 0 Å². The predicted octanol–water partition coefficient (Wildman–Crippen LogP) is 3.56. The third-order valence-electron chi connectivity index (χ3n) is 5.75. The summed E-state index contributed by atoms with van der Waals surface area (Å²) in [5, 5.41) is 11.3. The summed E-state index contributed by atoms with van der Waals surface area (Å²) in [4.78, 5) is 38.8. The van der Waals surface area contributed by atoms with Crippen LogP contribution in [0.5, 0.6) is 0 Å². The molecule has 1 saturated heterocycles. The Bertz CT molecular complexity index is 1280. The smallest absolute Gasteiger partial charge is 0.291 e. The Morgan fingerprint density at radius 2 is 2.03 bits per heavy atom. The molecule has 5 rings (SSSR count). The number of hydrogen-bond donors (Lipinski definition) is 0. The molecule has 1 aromatic heterocycles. The summed E-state index contributed by atoms with van der Waals surface area (Å²) in [5.74, 6) is -1.23. The number of amides is 1. The van der Waals surface area contributed by atoms with E-state index in [0.29, 0.717) is 12.2 Å². The number of rotatable bonds is 4. The summed E-state index contributed by atoms with van der Waals surface area (Å²) < 4.78 is 25.2. The van der Waals surface area contributed by atoms with E-state index >= 15 is 0 Å². The number of nitro benzene ring substituents is 1. The molecule has 0 radical (unpaired) electrons. The molecule has 0 aliphatic carbocycles. The third kappa shape index (κ3) is 3.17. The van der Waals surface area contributed by atoms with Gasteiger partial charge in [0.15, 0.2) is 5.43 Å². The second kappa shape index (κ2) is 7.28. The van der Waals surface area contributed by atoms with Gasteiger partial charge in [-0.1, -0.05) is 12.1 Å². The highest BCUT2D eigenvalue weighted by molar-refractivity contribution is 5.99. The maximum Gasteiger partial charge on any atom is 0.291 e. The van der Waals surface area contributed by atoms with Gasteiger partial charge < -0.3 is 14.1 Å². The predicted molar refractivity (Wildman–Crippen MR) is 107 cm³/mol. The highest BCUT2D eigenvalue weighted by Crippen LogP contribution is 2.39. The summed E-state index contributed by atoms with van der Waals surface area (Å²) in [5.41, 5.74) is -0.124. The first-order chi connectivity index (χ1) is 14.9. The van der Waals surface area contributed by atoms with E-state index < -0.39 is 28.1 Å². The van der Waals surface area contributed by atoms with Crippen LogP contribution in [0.2, 0.25) is 0 Å². The van der Waals surface area contributed by atoms with Crippen molar-refractivity contribution < 1.29 is 23.3 Å². The van der Waals surface area contributed by atoms with Crippen molar-refractivity contribution in [2.75, 3.05) is 13.2 Å². The van der Waals surface area contributed by atoms with Crippen LogP contribution >= 0.6 is 0 Å². The number of nitrogens with zero attached hydrogens (tertiary/aromatic N) is 2. The van der Waals surface area contributed by atoms with Gasteiger partial charge >= 0.3 is 0 Å². The zero-order valence-electron chi connectivity index (χ0n) is 16.2. The van der Waals surface area contributed by atoms with E-state index in [0.717, 1.165) is 25.0 Å². The summed E-state index contributed by atoms with van der Waals surface area (Å²) in [6.07, 6.45) is 1.42. The summed E-state index contributed by atoms with van der Waals surface area (Å²) in [7, 11) is 0. The zero-order valence-corrected chi connectivity index (χ0v) is 16.2. The van der Waals surface area contributed by atoms with Gasteiger partial charge in [0.25, 0.3) is 11.6 Å². The number of fused-ring (bicyclic) bond motifs is 2. The van der Waals surface area contributed by atoms with Crippen LogP contribution in [0, 0.1) is 15.9 Å². The summed E-state index contributed by atoms with van der Waals surface area (Å²) in [6, 6.07) is 8.44. The first-order valence-electron chi connectivity index (χ1n) is 9.87. The molecule has 1 fully saturated rings. The van der Waals surface area contributed by atoms with Crippen LogP contribution in [-0.2, 0) is 4.74 Å². The molecular formula is C22H17FN2O6. The van der Waals surface area contributed by atoms with Crippen LogP contribution in [0.1, 0.15) is 40.6 Å². The average molecular weight is 424 g/mol. The Kier molecular flexibility index (Phi) is 4.55. The van der Waals surface area contributed by atoms with E-state index in [4.69, 9.17) is 9.15 Å². The van der Waals surface area contributed by atoms with Crippen molar-refractivity contribution in [3.05, 3.63) is 85.5 Å². The molecule has 0 N–H and O–H groups in total. The molecule has 0 spiro atoms. The number of carbonyl (C=O) groups excluding carboxylic acids is 1. The SMILES string of the molecule is O=C1c2oc3ccc(F)cc3c(=O)c2[C@@H](c2cccc([N+](=O)[O-])c2)N1C[C@H]1CCCO1. The number of ether oxygens (including phenoxy) is 1. The molecular weight excluding hydrogens is 407 g/mol. The van der Waals surface area contributed by atoms with E-state index in [-0.39, 0.29) is 40.6 Å². The molecule has 3 heterocycles. The molecule has 9 heteroatoms. The molecule has 31 heavy (non-hydrogen) atoms. The fourth-order valence-electron chi connectivity index (χ4n) is 4.34. The Hall–Kier alpha value is -3.59. The number of carbonyl (C=O) groups is 1. The van der Waals surface area contributed by atoms with E-state index in [1.54, 1.807) is 6.07 Å². The van der Waals surface area contributed by atoms with Gasteiger partial charge in [0.05, 0.1) is 28.0 Å². The Morgan fingerprint density at radius 1 is 1.19 bits per heavy atom. The largest absolute Gasteiger partial charge is 0.450 e. The van der Waals surface area contributed by atoms with Crippen molar-refractivity contribution in [3.63, 3.8) is 0 Å². The van der Waals surface area contributed by atoms with E-state index in [1.165, 1.54) is 29.2 Å². The molecule has 1 amide bonds. The molecule has 0 saturated carbocycles. The van der Waals surface area contributed by atoms with Gasteiger partial charge in [0, 0.05) is 25.3 Å². The van der Waals surface area contributed by atoms with Crippen LogP contribution in [0.4, 0.5) is 10.1 Å². The van der Waals surface area contributed by atoms with E-state index in [1.807, 2.05) is 0 Å². The Morgan fingerprint density at radius 3 is 2.77 bits per heavy atom. The third-order valence-corrected chi connectivity index (χ3v) is 5.75. The average Bonchev–Trinajstić information content (AvgIpc) is 3.36. The van der Waals surface area contributed by atoms with Crippen molar-refractivity contribution in [2.24, 2.45) is 0 Å². The number of hydrogen-bond acceptors (Lipinski definition) is 6. The van der Waals surface area contributed by atoms with Gasteiger partial charge in [0.1, 0.15) is 11.4 Å². The summed E-state index contributed by atoms with van der Waals surface area (Å²) >= 11 is 0. The minimum Gasteiger partial charge on any atom is -0.450 e. The maximum absolute atomic E-state index is 13.8. The first-order valence-corrected chi connectivity index (χ1v) is 9.87. The first kappa shape index (κ1) is 19.4. The van der Waals surface area contributed by atoms with Crippen LogP contribution < -0.4 is 5.43 Å². The topological polar surface area (TPSA) is 103 Å². The molecule has 2 atom stereocenters.